The first-order chi connectivity index (χ1) is 8.32. The van der Waals surface area contributed by atoms with E-state index in [-0.39, 0.29) is 29.4 Å². The van der Waals surface area contributed by atoms with Gasteiger partial charge in [0.1, 0.15) is 0 Å². The van der Waals surface area contributed by atoms with Gasteiger partial charge in [0.15, 0.2) is 5.78 Å². The molecule has 1 aromatic rings. The van der Waals surface area contributed by atoms with Crippen LogP contribution < -0.4 is 5.73 Å². The number of benzene rings is 1. The molecule has 18 heavy (non-hydrogen) atoms. The van der Waals surface area contributed by atoms with Crippen LogP contribution in [-0.2, 0) is 4.79 Å². The van der Waals surface area contributed by atoms with Gasteiger partial charge >= 0.3 is 0 Å². The summed E-state index contributed by atoms with van der Waals surface area (Å²) >= 11 is 0. The van der Waals surface area contributed by atoms with Crippen LogP contribution in [0.15, 0.2) is 30.3 Å². The molecule has 3 heteroatoms. The summed E-state index contributed by atoms with van der Waals surface area (Å²) in [5, 5.41) is 0. The average molecular weight is 247 g/mol. The van der Waals surface area contributed by atoms with Crippen LogP contribution in [0.5, 0.6) is 0 Å². The van der Waals surface area contributed by atoms with Crippen molar-refractivity contribution >= 4 is 11.7 Å². The van der Waals surface area contributed by atoms with E-state index in [1.54, 1.807) is 0 Å². The van der Waals surface area contributed by atoms with Crippen molar-refractivity contribution in [2.45, 2.75) is 33.6 Å². The molecule has 3 nitrogen and oxygen atoms in total. The van der Waals surface area contributed by atoms with E-state index in [1.807, 2.05) is 51.1 Å². The van der Waals surface area contributed by atoms with Crippen LogP contribution >= 0.6 is 0 Å². The summed E-state index contributed by atoms with van der Waals surface area (Å²) in [6, 6.07) is 9.20. The van der Waals surface area contributed by atoms with Crippen molar-refractivity contribution < 1.29 is 9.59 Å². The molecule has 0 spiro atoms. The number of nitrogens with two attached hydrogens (primary N) is 1. The number of hydrogen-bond donors (Lipinski definition) is 1. The molecule has 0 radical (unpaired) electrons. The molecule has 1 unspecified atom stereocenters. The molecule has 1 amide bonds. The maximum absolute atomic E-state index is 12.5. The van der Waals surface area contributed by atoms with Crippen LogP contribution in [0.3, 0.4) is 0 Å². The summed E-state index contributed by atoms with van der Waals surface area (Å²) < 4.78 is 0. The van der Waals surface area contributed by atoms with Crippen LogP contribution in [0.4, 0.5) is 0 Å². The highest BCUT2D eigenvalue weighted by atomic mass is 16.1. The summed E-state index contributed by atoms with van der Waals surface area (Å²) in [7, 11) is 0. The fourth-order valence-electron chi connectivity index (χ4n) is 2.05. The topological polar surface area (TPSA) is 60.2 Å². The summed E-state index contributed by atoms with van der Waals surface area (Å²) in [6.45, 7) is 6.04. The van der Waals surface area contributed by atoms with E-state index in [1.165, 1.54) is 0 Å². The Bertz CT molecular complexity index is 418. The van der Waals surface area contributed by atoms with Crippen molar-refractivity contribution in [1.29, 1.82) is 0 Å². The monoisotopic (exact) mass is 247 g/mol. The Hall–Kier alpha value is -1.64. The molecular weight excluding hydrogens is 226 g/mol. The zero-order chi connectivity index (χ0) is 13.8. The molecular formula is C15H21NO2. The van der Waals surface area contributed by atoms with E-state index in [9.17, 15) is 9.59 Å². The lowest BCUT2D eigenvalue weighted by atomic mass is 9.74. The number of carbonyl (C=O) groups is 2. The SMILES string of the molecule is CC(C)(C)C(CCC(N)=O)C(=O)c1ccccc1. The van der Waals surface area contributed by atoms with Gasteiger partial charge in [0.05, 0.1) is 0 Å². The molecule has 0 aliphatic rings. The Morgan fingerprint density at radius 3 is 2.17 bits per heavy atom. The van der Waals surface area contributed by atoms with Crippen LogP contribution in [0.25, 0.3) is 0 Å². The largest absolute Gasteiger partial charge is 0.370 e. The predicted octanol–water partition coefficient (Wildman–Crippen LogP) is 2.80. The number of ketones is 1. The van der Waals surface area contributed by atoms with Gasteiger partial charge in [-0.3, -0.25) is 9.59 Å². The first kappa shape index (κ1) is 14.4. The third kappa shape index (κ3) is 3.99. The quantitative estimate of drug-likeness (QED) is 0.813. The van der Waals surface area contributed by atoms with E-state index in [2.05, 4.69) is 0 Å². The highest BCUT2D eigenvalue weighted by Crippen LogP contribution is 2.32. The molecule has 0 aliphatic carbocycles. The van der Waals surface area contributed by atoms with Crippen molar-refractivity contribution in [3.05, 3.63) is 35.9 Å². The number of hydrogen-bond acceptors (Lipinski definition) is 2. The second-order valence-electron chi connectivity index (χ2n) is 5.65. The number of primary amides is 1. The van der Waals surface area contributed by atoms with Gasteiger partial charge in [0.2, 0.25) is 5.91 Å². The third-order valence-corrected chi connectivity index (χ3v) is 3.10. The zero-order valence-corrected chi connectivity index (χ0v) is 11.3. The second-order valence-corrected chi connectivity index (χ2v) is 5.65. The van der Waals surface area contributed by atoms with Crippen molar-refractivity contribution in [3.63, 3.8) is 0 Å². The first-order valence-electron chi connectivity index (χ1n) is 6.20. The molecule has 0 bridgehead atoms. The standard InChI is InChI=1S/C15H21NO2/c1-15(2,3)12(9-10-13(16)17)14(18)11-7-5-4-6-8-11/h4-8,12H,9-10H2,1-3H3,(H2,16,17). The maximum atomic E-state index is 12.5. The molecule has 1 rings (SSSR count). The zero-order valence-electron chi connectivity index (χ0n) is 11.3. The lowest BCUT2D eigenvalue weighted by Crippen LogP contribution is -2.30. The van der Waals surface area contributed by atoms with Crippen LogP contribution in [0.2, 0.25) is 0 Å². The molecule has 98 valence electrons. The van der Waals surface area contributed by atoms with Crippen LogP contribution in [-0.4, -0.2) is 11.7 Å². The molecule has 1 atom stereocenters. The van der Waals surface area contributed by atoms with Crippen molar-refractivity contribution in [2.75, 3.05) is 0 Å². The van der Waals surface area contributed by atoms with Crippen molar-refractivity contribution in [3.8, 4) is 0 Å². The molecule has 0 saturated heterocycles. The van der Waals surface area contributed by atoms with Gasteiger partial charge in [-0.25, -0.2) is 0 Å². The summed E-state index contributed by atoms with van der Waals surface area (Å²) in [5.74, 6) is -0.457. The first-order valence-corrected chi connectivity index (χ1v) is 6.20. The maximum Gasteiger partial charge on any atom is 0.217 e. The minimum Gasteiger partial charge on any atom is -0.370 e. The van der Waals surface area contributed by atoms with Gasteiger partial charge in [0.25, 0.3) is 0 Å². The van der Waals surface area contributed by atoms with Crippen molar-refractivity contribution in [1.82, 2.24) is 0 Å². The second kappa shape index (κ2) is 5.80. The molecule has 0 fully saturated rings. The molecule has 0 saturated carbocycles. The Kier molecular flexibility index (Phi) is 4.65. The van der Waals surface area contributed by atoms with Crippen molar-refractivity contribution in [2.24, 2.45) is 17.1 Å². The van der Waals surface area contributed by atoms with E-state index < -0.39 is 0 Å². The smallest absolute Gasteiger partial charge is 0.217 e. The molecule has 1 aromatic carbocycles. The number of Topliss-reactive ketones (excluding diaryl/α,β-unsaturated/α-hetero) is 1. The Morgan fingerprint density at radius 2 is 1.72 bits per heavy atom. The van der Waals surface area contributed by atoms with E-state index in [4.69, 9.17) is 5.73 Å². The Labute approximate surface area is 108 Å². The summed E-state index contributed by atoms with van der Waals surface area (Å²) in [4.78, 5) is 23.4. The van der Waals surface area contributed by atoms with Gasteiger partial charge in [-0.05, 0) is 11.8 Å². The fraction of sp³-hybridized carbons (Fsp3) is 0.467. The Morgan fingerprint density at radius 1 is 1.17 bits per heavy atom. The van der Waals surface area contributed by atoms with E-state index >= 15 is 0 Å². The van der Waals surface area contributed by atoms with E-state index in [0.717, 1.165) is 0 Å². The molecule has 2 N–H and O–H groups in total. The van der Waals surface area contributed by atoms with Gasteiger partial charge in [-0.1, -0.05) is 51.1 Å². The average Bonchev–Trinajstić information content (AvgIpc) is 2.28. The normalized spacial score (nSPS) is 13.1. The summed E-state index contributed by atoms with van der Waals surface area (Å²) in [5.41, 5.74) is 5.69. The molecule has 0 aromatic heterocycles. The minimum absolute atomic E-state index is 0.0874. The van der Waals surface area contributed by atoms with E-state index in [0.29, 0.717) is 12.0 Å². The van der Waals surface area contributed by atoms with Gasteiger partial charge in [-0.2, -0.15) is 0 Å². The lowest BCUT2D eigenvalue weighted by Gasteiger charge is -2.29. The lowest BCUT2D eigenvalue weighted by molar-refractivity contribution is -0.118. The van der Waals surface area contributed by atoms with Crippen LogP contribution in [0.1, 0.15) is 44.0 Å². The predicted molar refractivity (Wildman–Crippen MR) is 72.1 cm³/mol. The highest BCUT2D eigenvalue weighted by molar-refractivity contribution is 5.98. The van der Waals surface area contributed by atoms with Gasteiger partial charge in [0, 0.05) is 17.9 Å². The molecule has 0 heterocycles. The highest BCUT2D eigenvalue weighted by Gasteiger charge is 2.31. The van der Waals surface area contributed by atoms with Crippen LogP contribution in [0, 0.1) is 11.3 Å². The number of carbonyl (C=O) groups excluding carboxylic acids is 2. The molecule has 0 aliphatic heterocycles. The Balaban J connectivity index is 2.90. The minimum atomic E-state index is -0.356. The fourth-order valence-corrected chi connectivity index (χ4v) is 2.05. The van der Waals surface area contributed by atoms with Gasteiger partial charge < -0.3 is 5.73 Å². The number of amides is 1. The number of rotatable bonds is 5. The third-order valence-electron chi connectivity index (χ3n) is 3.10. The van der Waals surface area contributed by atoms with Gasteiger partial charge in [-0.15, -0.1) is 0 Å². The summed E-state index contributed by atoms with van der Waals surface area (Å²) in [6.07, 6.45) is 0.757.